The number of benzene rings is 1. The predicted octanol–water partition coefficient (Wildman–Crippen LogP) is 2.30. The third-order valence-corrected chi connectivity index (χ3v) is 4.65. The van der Waals surface area contributed by atoms with Crippen LogP contribution in [-0.2, 0) is 9.59 Å². The van der Waals surface area contributed by atoms with Gasteiger partial charge in [-0.25, -0.2) is 19.5 Å². The van der Waals surface area contributed by atoms with Gasteiger partial charge in [0.15, 0.2) is 6.04 Å². The number of nitrogen functional groups attached to an aromatic ring is 1. The summed E-state index contributed by atoms with van der Waals surface area (Å²) in [7, 11) is 0. The monoisotopic (exact) mass is 462 g/mol. The number of halogens is 3. The SMILES string of the molecule is CC(NC(=O)N1C(=O)C(C#Cc2ccnc(N)c2)C1C(=O)O)c1cccc(OC(F)(F)F)c1. The van der Waals surface area contributed by atoms with Crippen LogP contribution in [0.5, 0.6) is 5.75 Å². The Hall–Kier alpha value is -4.27. The molecule has 4 N–H and O–H groups in total. The number of carboxylic acids is 1. The number of aromatic nitrogens is 1. The van der Waals surface area contributed by atoms with Crippen LogP contribution in [0.1, 0.15) is 24.1 Å². The summed E-state index contributed by atoms with van der Waals surface area (Å²) in [6, 6.07) is 4.44. The molecule has 1 saturated heterocycles. The lowest BCUT2D eigenvalue weighted by Crippen LogP contribution is -2.67. The number of alkyl halides is 3. The van der Waals surface area contributed by atoms with E-state index in [1.165, 1.54) is 37.4 Å². The first-order chi connectivity index (χ1) is 15.5. The van der Waals surface area contributed by atoms with Gasteiger partial charge in [-0.05, 0) is 36.8 Å². The molecular formula is C21H17F3N4O5. The Bertz CT molecular complexity index is 1160. The molecule has 3 rings (SSSR count). The molecule has 0 saturated carbocycles. The normalized spacial score (nSPS) is 18.4. The van der Waals surface area contributed by atoms with E-state index in [1.54, 1.807) is 0 Å². The quantitative estimate of drug-likeness (QED) is 0.469. The van der Waals surface area contributed by atoms with E-state index < -0.39 is 48.0 Å². The highest BCUT2D eigenvalue weighted by molar-refractivity contribution is 6.09. The maximum Gasteiger partial charge on any atom is 0.573 e. The van der Waals surface area contributed by atoms with E-state index in [2.05, 4.69) is 26.9 Å². The average Bonchev–Trinajstić information content (AvgIpc) is 2.70. The smallest absolute Gasteiger partial charge is 0.480 e. The van der Waals surface area contributed by atoms with E-state index in [0.717, 1.165) is 12.1 Å². The van der Waals surface area contributed by atoms with Gasteiger partial charge in [-0.2, -0.15) is 0 Å². The maximum atomic E-state index is 12.6. The van der Waals surface area contributed by atoms with Crippen molar-refractivity contribution < 1.29 is 37.4 Å². The summed E-state index contributed by atoms with van der Waals surface area (Å²) in [5.74, 6) is 1.35. The second-order valence-corrected chi connectivity index (χ2v) is 7.00. The first kappa shape index (κ1) is 23.4. The minimum absolute atomic E-state index is 0.191. The van der Waals surface area contributed by atoms with Crippen molar-refractivity contribution in [1.29, 1.82) is 0 Å². The van der Waals surface area contributed by atoms with Crippen molar-refractivity contribution in [3.05, 3.63) is 53.7 Å². The van der Waals surface area contributed by atoms with Crippen molar-refractivity contribution in [2.24, 2.45) is 5.92 Å². The number of pyridine rings is 1. The highest BCUT2D eigenvalue weighted by atomic mass is 19.4. The van der Waals surface area contributed by atoms with Crippen molar-refractivity contribution in [2.75, 3.05) is 5.73 Å². The lowest BCUT2D eigenvalue weighted by Gasteiger charge is -2.40. The summed E-state index contributed by atoms with van der Waals surface area (Å²) in [6.45, 7) is 1.45. The number of nitrogens with one attached hydrogen (secondary N) is 1. The second-order valence-electron chi connectivity index (χ2n) is 7.00. The number of hydrogen-bond acceptors (Lipinski definition) is 6. The second kappa shape index (κ2) is 9.07. The van der Waals surface area contributed by atoms with Crippen molar-refractivity contribution in [2.45, 2.75) is 25.4 Å². The third kappa shape index (κ3) is 5.51. The van der Waals surface area contributed by atoms with Crippen LogP contribution >= 0.6 is 0 Å². The number of aliphatic carboxylic acids is 1. The molecule has 0 aliphatic carbocycles. The molecule has 0 bridgehead atoms. The minimum Gasteiger partial charge on any atom is -0.480 e. The summed E-state index contributed by atoms with van der Waals surface area (Å²) >= 11 is 0. The highest BCUT2D eigenvalue weighted by Crippen LogP contribution is 2.29. The van der Waals surface area contributed by atoms with E-state index in [4.69, 9.17) is 5.73 Å². The summed E-state index contributed by atoms with van der Waals surface area (Å²) < 4.78 is 41.1. The van der Waals surface area contributed by atoms with Gasteiger partial charge in [0.25, 0.3) is 0 Å². The van der Waals surface area contributed by atoms with Crippen LogP contribution in [-0.4, -0.2) is 45.3 Å². The number of hydrogen-bond donors (Lipinski definition) is 3. The number of rotatable bonds is 4. The molecule has 3 amide bonds. The molecule has 0 radical (unpaired) electrons. The number of nitrogens with zero attached hydrogens (tertiary/aromatic N) is 2. The zero-order chi connectivity index (χ0) is 24.3. The summed E-state index contributed by atoms with van der Waals surface area (Å²) in [6.07, 6.45) is -3.49. The van der Waals surface area contributed by atoms with Gasteiger partial charge in [-0.3, -0.25) is 4.79 Å². The number of anilines is 1. The Morgan fingerprint density at radius 3 is 2.67 bits per heavy atom. The number of urea groups is 1. The van der Waals surface area contributed by atoms with Crippen molar-refractivity contribution in [3.8, 4) is 17.6 Å². The molecule has 12 heteroatoms. The van der Waals surface area contributed by atoms with Gasteiger partial charge in [0.2, 0.25) is 5.91 Å². The van der Waals surface area contributed by atoms with Gasteiger partial charge in [0.1, 0.15) is 17.5 Å². The van der Waals surface area contributed by atoms with Gasteiger partial charge in [0, 0.05) is 11.8 Å². The van der Waals surface area contributed by atoms with Crippen molar-refractivity contribution >= 4 is 23.7 Å². The fraction of sp³-hybridized carbons (Fsp3) is 0.238. The van der Waals surface area contributed by atoms with Crippen LogP contribution in [0.3, 0.4) is 0 Å². The zero-order valence-corrected chi connectivity index (χ0v) is 17.0. The zero-order valence-electron chi connectivity index (χ0n) is 17.0. The van der Waals surface area contributed by atoms with E-state index in [-0.39, 0.29) is 11.4 Å². The lowest BCUT2D eigenvalue weighted by molar-refractivity contribution is -0.274. The van der Waals surface area contributed by atoms with Crippen molar-refractivity contribution in [1.82, 2.24) is 15.2 Å². The van der Waals surface area contributed by atoms with Crippen molar-refractivity contribution in [3.63, 3.8) is 0 Å². The van der Waals surface area contributed by atoms with Gasteiger partial charge >= 0.3 is 18.4 Å². The molecule has 0 spiro atoms. The van der Waals surface area contributed by atoms with Crippen LogP contribution in [0.15, 0.2) is 42.6 Å². The molecular weight excluding hydrogens is 445 g/mol. The maximum absolute atomic E-state index is 12.6. The molecule has 33 heavy (non-hydrogen) atoms. The van der Waals surface area contributed by atoms with E-state index in [1.807, 2.05) is 0 Å². The molecule has 1 fully saturated rings. The Balaban J connectivity index is 1.72. The topological polar surface area (TPSA) is 135 Å². The number of β-lactam (4-membered cyclic amide) rings is 1. The number of carboxylic acid groups (broad SMARTS) is 1. The van der Waals surface area contributed by atoms with Gasteiger partial charge in [-0.1, -0.05) is 24.0 Å². The number of ether oxygens (including phenoxy) is 1. The molecule has 1 aliphatic heterocycles. The predicted molar refractivity (Wildman–Crippen MR) is 107 cm³/mol. The van der Waals surface area contributed by atoms with Crippen LogP contribution in [0, 0.1) is 17.8 Å². The molecule has 1 aromatic heterocycles. The Labute approximate surface area is 185 Å². The van der Waals surface area contributed by atoms with Crippen LogP contribution < -0.4 is 15.8 Å². The highest BCUT2D eigenvalue weighted by Gasteiger charge is 2.54. The number of carbonyl (C=O) groups is 3. The Morgan fingerprint density at radius 2 is 2.03 bits per heavy atom. The Kier molecular flexibility index (Phi) is 6.43. The lowest BCUT2D eigenvalue weighted by atomic mass is 9.88. The van der Waals surface area contributed by atoms with Crippen LogP contribution in [0.2, 0.25) is 0 Å². The molecule has 3 atom stereocenters. The van der Waals surface area contributed by atoms with Gasteiger partial charge in [0.05, 0.1) is 6.04 Å². The van der Waals surface area contributed by atoms with E-state index in [9.17, 15) is 32.7 Å². The minimum atomic E-state index is -4.89. The summed E-state index contributed by atoms with van der Waals surface area (Å²) in [4.78, 5) is 41.0. The molecule has 2 aromatic rings. The fourth-order valence-electron chi connectivity index (χ4n) is 3.12. The number of likely N-dealkylation sites (tertiary alicyclic amines) is 1. The van der Waals surface area contributed by atoms with E-state index in [0.29, 0.717) is 10.5 Å². The molecule has 3 unspecified atom stereocenters. The number of nitrogens with two attached hydrogens (primary N) is 1. The first-order valence-corrected chi connectivity index (χ1v) is 9.41. The van der Waals surface area contributed by atoms with Gasteiger partial charge in [-0.15, -0.1) is 13.2 Å². The van der Waals surface area contributed by atoms with E-state index >= 15 is 0 Å². The van der Waals surface area contributed by atoms with Gasteiger partial charge < -0.3 is 20.9 Å². The molecule has 2 heterocycles. The average molecular weight is 462 g/mol. The first-order valence-electron chi connectivity index (χ1n) is 9.41. The third-order valence-electron chi connectivity index (χ3n) is 4.65. The number of carbonyl (C=O) groups excluding carboxylic acids is 2. The summed E-state index contributed by atoms with van der Waals surface area (Å²) in [5, 5.41) is 11.9. The largest absolute Gasteiger partial charge is 0.573 e. The van der Waals surface area contributed by atoms with Crippen LogP contribution in [0.25, 0.3) is 0 Å². The number of imide groups is 1. The molecule has 172 valence electrons. The molecule has 1 aliphatic rings. The fourth-order valence-corrected chi connectivity index (χ4v) is 3.12. The van der Waals surface area contributed by atoms with Crippen LogP contribution in [0.4, 0.5) is 23.8 Å². The number of amides is 3. The summed E-state index contributed by atoms with van der Waals surface area (Å²) in [5.41, 5.74) is 6.21. The standard InChI is InChI=1S/C21H17F3N4O5/c1-11(13-3-2-4-14(10-13)33-21(22,23)24)27-20(32)28-17(19(30)31)15(18(28)29)6-5-12-7-8-26-16(25)9-12/h2-4,7-11,15,17H,1H3,(H2,25,26)(H,27,32)(H,30,31). The molecule has 9 nitrogen and oxygen atoms in total. The molecule has 1 aromatic carbocycles. The Morgan fingerprint density at radius 1 is 1.30 bits per heavy atom.